The number of hydrogen-bond donors (Lipinski definition) is 1. The summed E-state index contributed by atoms with van der Waals surface area (Å²) < 4.78 is 5.30. The van der Waals surface area contributed by atoms with Crippen molar-refractivity contribution < 1.29 is 14.4 Å². The van der Waals surface area contributed by atoms with E-state index in [-0.39, 0.29) is 19.1 Å². The number of carbonyl (C=O) groups is 1. The van der Waals surface area contributed by atoms with E-state index >= 15 is 0 Å². The second-order valence-electron chi connectivity index (χ2n) is 5.63. The molecule has 6 nitrogen and oxygen atoms in total. The van der Waals surface area contributed by atoms with Gasteiger partial charge < -0.3 is 14.5 Å². The third-order valence-corrected chi connectivity index (χ3v) is 3.92. The van der Waals surface area contributed by atoms with Gasteiger partial charge in [0.25, 0.3) is 11.6 Å². The molecule has 3 aromatic rings. The number of amides is 1. The Hall–Kier alpha value is -2.99. The molecule has 2 heterocycles. The quantitative estimate of drug-likeness (QED) is 0.700. The smallest absolute Gasteiger partial charge is 0.259 e. The summed E-state index contributed by atoms with van der Waals surface area (Å²) in [5, 5.41) is 13.8. The molecule has 3 rings (SSSR count). The highest BCUT2D eigenvalue weighted by molar-refractivity contribution is 6.07. The van der Waals surface area contributed by atoms with Gasteiger partial charge in [0.1, 0.15) is 0 Å². The van der Waals surface area contributed by atoms with E-state index < -0.39 is 0 Å². The Bertz CT molecular complexity index is 903. The number of fused-ring (bicyclic) bond motifs is 1. The van der Waals surface area contributed by atoms with E-state index in [4.69, 9.17) is 4.52 Å². The Kier molecular flexibility index (Phi) is 4.90. The van der Waals surface area contributed by atoms with Gasteiger partial charge in [-0.3, -0.25) is 4.79 Å². The molecular weight excluding hydrogens is 318 g/mol. The van der Waals surface area contributed by atoms with Crippen LogP contribution in [0.5, 0.6) is 0 Å². The zero-order valence-electron chi connectivity index (χ0n) is 14.0. The predicted octanol–water partition coefficient (Wildman–Crippen LogP) is 2.82. The van der Waals surface area contributed by atoms with Gasteiger partial charge in [-0.25, -0.2) is 4.98 Å². The van der Waals surface area contributed by atoms with Gasteiger partial charge in [0.15, 0.2) is 0 Å². The van der Waals surface area contributed by atoms with Crippen molar-refractivity contribution in [1.82, 2.24) is 15.0 Å². The Morgan fingerprint density at radius 3 is 2.80 bits per heavy atom. The molecule has 2 aromatic heterocycles. The fraction of sp³-hybridized carbons (Fsp3) is 0.211. The fourth-order valence-electron chi connectivity index (χ4n) is 2.74. The van der Waals surface area contributed by atoms with Crippen LogP contribution in [-0.4, -0.2) is 45.8 Å². The summed E-state index contributed by atoms with van der Waals surface area (Å²) in [6.07, 6.45) is 1.63. The number of hydrogen-bond acceptors (Lipinski definition) is 5. The summed E-state index contributed by atoms with van der Waals surface area (Å²) in [6.45, 7) is 5.89. The minimum absolute atomic E-state index is 0.123. The summed E-state index contributed by atoms with van der Waals surface area (Å²) in [4.78, 5) is 19.1. The first-order valence-electron chi connectivity index (χ1n) is 7.99. The molecular formula is C19H19N3O3. The molecule has 1 amide bonds. The van der Waals surface area contributed by atoms with Gasteiger partial charge in [0, 0.05) is 18.7 Å². The second kappa shape index (κ2) is 7.27. The Morgan fingerprint density at radius 1 is 1.36 bits per heavy atom. The number of nitrogens with zero attached hydrogens (tertiary/aromatic N) is 3. The van der Waals surface area contributed by atoms with Gasteiger partial charge in [0.05, 0.1) is 28.9 Å². The van der Waals surface area contributed by atoms with E-state index in [9.17, 15) is 9.90 Å². The number of aromatic nitrogens is 2. The maximum Gasteiger partial charge on any atom is 0.259 e. The summed E-state index contributed by atoms with van der Waals surface area (Å²) in [5.74, 6) is -0.218. The van der Waals surface area contributed by atoms with Crippen LogP contribution in [0.4, 0.5) is 0 Å². The van der Waals surface area contributed by atoms with Crippen molar-refractivity contribution in [2.75, 3.05) is 19.7 Å². The molecule has 0 unspecified atom stereocenters. The van der Waals surface area contributed by atoms with E-state index in [2.05, 4.69) is 16.7 Å². The van der Waals surface area contributed by atoms with Gasteiger partial charge in [-0.1, -0.05) is 41.6 Å². The maximum absolute atomic E-state index is 13.0. The molecule has 0 aliphatic heterocycles. The molecule has 128 valence electrons. The van der Waals surface area contributed by atoms with Crippen molar-refractivity contribution in [3.8, 4) is 11.3 Å². The second-order valence-corrected chi connectivity index (χ2v) is 5.63. The fourth-order valence-corrected chi connectivity index (χ4v) is 2.74. The molecule has 1 N–H and O–H groups in total. The van der Waals surface area contributed by atoms with Crippen molar-refractivity contribution in [3.63, 3.8) is 0 Å². The van der Waals surface area contributed by atoms with E-state index in [0.717, 1.165) is 5.56 Å². The average Bonchev–Trinajstić information content (AvgIpc) is 3.02. The van der Waals surface area contributed by atoms with Crippen LogP contribution < -0.4 is 0 Å². The maximum atomic E-state index is 13.0. The van der Waals surface area contributed by atoms with Crippen molar-refractivity contribution >= 4 is 17.0 Å². The van der Waals surface area contributed by atoms with E-state index in [1.54, 1.807) is 19.1 Å². The first kappa shape index (κ1) is 16.9. The van der Waals surface area contributed by atoms with Crippen molar-refractivity contribution in [1.29, 1.82) is 0 Å². The topological polar surface area (TPSA) is 79.5 Å². The minimum Gasteiger partial charge on any atom is -0.395 e. The zero-order valence-corrected chi connectivity index (χ0v) is 14.0. The van der Waals surface area contributed by atoms with Crippen LogP contribution in [-0.2, 0) is 0 Å². The lowest BCUT2D eigenvalue weighted by molar-refractivity contribution is 0.0744. The third kappa shape index (κ3) is 3.29. The van der Waals surface area contributed by atoms with E-state index in [1.165, 1.54) is 4.90 Å². The van der Waals surface area contributed by atoms with Crippen LogP contribution in [0.3, 0.4) is 0 Å². The highest BCUT2D eigenvalue weighted by Gasteiger charge is 2.22. The first-order chi connectivity index (χ1) is 12.2. The van der Waals surface area contributed by atoms with Gasteiger partial charge in [-0.05, 0) is 13.0 Å². The predicted molar refractivity (Wildman–Crippen MR) is 95.2 cm³/mol. The Labute approximate surface area is 145 Å². The Balaban J connectivity index is 2.16. The van der Waals surface area contributed by atoms with Gasteiger partial charge >= 0.3 is 0 Å². The SMILES string of the molecule is C=CCN(CCO)C(=O)c1cc(-c2ccccc2)nc2onc(C)c12. The van der Waals surface area contributed by atoms with Crippen LogP contribution in [0, 0.1) is 6.92 Å². The number of aryl methyl sites for hydroxylation is 1. The third-order valence-electron chi connectivity index (χ3n) is 3.92. The molecule has 0 aliphatic carbocycles. The number of rotatable bonds is 6. The summed E-state index contributed by atoms with van der Waals surface area (Å²) in [7, 11) is 0. The molecule has 0 aliphatic rings. The van der Waals surface area contributed by atoms with Gasteiger partial charge in [0.2, 0.25) is 0 Å². The number of aliphatic hydroxyl groups is 1. The van der Waals surface area contributed by atoms with Gasteiger partial charge in [-0.15, -0.1) is 6.58 Å². The highest BCUT2D eigenvalue weighted by atomic mass is 16.5. The number of benzene rings is 1. The first-order valence-corrected chi connectivity index (χ1v) is 7.99. The van der Waals surface area contributed by atoms with E-state index in [0.29, 0.717) is 34.6 Å². The molecule has 0 radical (unpaired) electrons. The lowest BCUT2D eigenvalue weighted by Gasteiger charge is -2.20. The largest absolute Gasteiger partial charge is 0.395 e. The van der Waals surface area contributed by atoms with Crippen LogP contribution >= 0.6 is 0 Å². The average molecular weight is 337 g/mol. The van der Waals surface area contributed by atoms with Crippen molar-refractivity contribution in [2.45, 2.75) is 6.92 Å². The molecule has 0 saturated carbocycles. The van der Waals surface area contributed by atoms with E-state index in [1.807, 2.05) is 30.3 Å². The molecule has 0 spiro atoms. The monoisotopic (exact) mass is 337 g/mol. The van der Waals surface area contributed by atoms with Crippen LogP contribution in [0.15, 0.2) is 53.6 Å². The van der Waals surface area contributed by atoms with Crippen LogP contribution in [0.25, 0.3) is 22.4 Å². The standard InChI is InChI=1S/C19H19N3O3/c1-3-9-22(10-11-23)19(24)15-12-16(14-7-5-4-6-8-14)20-18-17(15)13(2)21-25-18/h3-8,12,23H,1,9-11H2,2H3. The molecule has 0 fully saturated rings. The van der Waals surface area contributed by atoms with Crippen LogP contribution in [0.1, 0.15) is 16.1 Å². The normalized spacial score (nSPS) is 10.8. The van der Waals surface area contributed by atoms with Crippen molar-refractivity contribution in [3.05, 3.63) is 60.3 Å². The molecule has 25 heavy (non-hydrogen) atoms. The molecule has 0 atom stereocenters. The number of carbonyl (C=O) groups excluding carboxylic acids is 1. The number of pyridine rings is 1. The van der Waals surface area contributed by atoms with Crippen molar-refractivity contribution in [2.24, 2.45) is 0 Å². The van der Waals surface area contributed by atoms with Gasteiger partial charge in [-0.2, -0.15) is 0 Å². The highest BCUT2D eigenvalue weighted by Crippen LogP contribution is 2.27. The zero-order chi connectivity index (χ0) is 17.8. The lowest BCUT2D eigenvalue weighted by Crippen LogP contribution is -2.33. The summed E-state index contributed by atoms with van der Waals surface area (Å²) in [6, 6.07) is 11.3. The minimum atomic E-state index is -0.218. The summed E-state index contributed by atoms with van der Waals surface area (Å²) in [5.41, 5.74) is 2.90. The molecule has 0 bridgehead atoms. The molecule has 0 saturated heterocycles. The van der Waals surface area contributed by atoms with Crippen LogP contribution in [0.2, 0.25) is 0 Å². The Morgan fingerprint density at radius 2 is 2.12 bits per heavy atom. The molecule has 6 heteroatoms. The lowest BCUT2D eigenvalue weighted by atomic mass is 10.0. The molecule has 1 aromatic carbocycles. The summed E-state index contributed by atoms with van der Waals surface area (Å²) >= 11 is 0. The number of aliphatic hydroxyl groups excluding tert-OH is 1.